The summed E-state index contributed by atoms with van der Waals surface area (Å²) in [6.45, 7) is 0.597. The van der Waals surface area contributed by atoms with Crippen molar-refractivity contribution in [2.75, 3.05) is 0 Å². The highest BCUT2D eigenvalue weighted by Gasteiger charge is 2.21. The maximum absolute atomic E-state index is 12.1. The van der Waals surface area contributed by atoms with E-state index in [4.69, 9.17) is 23.2 Å². The first-order valence-electron chi connectivity index (χ1n) is 6.65. The van der Waals surface area contributed by atoms with E-state index in [0.717, 1.165) is 19.3 Å². The van der Waals surface area contributed by atoms with Crippen molar-refractivity contribution in [1.82, 2.24) is 9.55 Å². The van der Waals surface area contributed by atoms with Crippen LogP contribution in [-0.2, 0) is 13.0 Å². The Morgan fingerprint density at radius 3 is 2.95 bits per heavy atom. The number of nitrogens with zero attached hydrogens (tertiary/aromatic N) is 2. The molecule has 0 saturated heterocycles. The second-order valence-corrected chi connectivity index (χ2v) is 5.83. The van der Waals surface area contributed by atoms with Crippen LogP contribution < -0.4 is 5.56 Å². The van der Waals surface area contributed by atoms with Crippen molar-refractivity contribution >= 4 is 23.2 Å². The molecule has 1 atom stereocenters. The van der Waals surface area contributed by atoms with Crippen LogP contribution in [0.25, 0.3) is 0 Å². The van der Waals surface area contributed by atoms with Gasteiger partial charge in [-0.3, -0.25) is 9.36 Å². The fraction of sp³-hybridized carbons (Fsp3) is 0.333. The molecule has 0 bridgehead atoms. The lowest BCUT2D eigenvalue weighted by Gasteiger charge is -2.25. The number of aromatic nitrogens is 2. The molecule has 3 rings (SSSR count). The zero-order valence-electron chi connectivity index (χ0n) is 10.9. The van der Waals surface area contributed by atoms with Crippen LogP contribution in [0.3, 0.4) is 0 Å². The lowest BCUT2D eigenvalue weighted by atomic mass is 9.83. The van der Waals surface area contributed by atoms with Gasteiger partial charge in [-0.2, -0.15) is 0 Å². The minimum Gasteiger partial charge on any atom is -0.297 e. The van der Waals surface area contributed by atoms with E-state index < -0.39 is 0 Å². The summed E-state index contributed by atoms with van der Waals surface area (Å²) in [5.74, 6) is 0.330. The van der Waals surface area contributed by atoms with Crippen LogP contribution in [0.4, 0.5) is 0 Å². The van der Waals surface area contributed by atoms with Gasteiger partial charge in [0.2, 0.25) is 0 Å². The largest absolute Gasteiger partial charge is 0.297 e. The molecule has 1 aliphatic rings. The predicted octanol–water partition coefficient (Wildman–Crippen LogP) is 3.67. The van der Waals surface area contributed by atoms with Crippen LogP contribution >= 0.6 is 23.2 Å². The normalized spacial score (nSPS) is 17.8. The van der Waals surface area contributed by atoms with E-state index in [0.29, 0.717) is 12.5 Å². The monoisotopic (exact) mass is 308 g/mol. The van der Waals surface area contributed by atoms with Gasteiger partial charge in [0.05, 0.1) is 6.33 Å². The van der Waals surface area contributed by atoms with Gasteiger partial charge in [-0.25, -0.2) is 4.98 Å². The van der Waals surface area contributed by atoms with Crippen molar-refractivity contribution in [1.29, 1.82) is 0 Å². The van der Waals surface area contributed by atoms with Crippen LogP contribution in [0.5, 0.6) is 0 Å². The number of benzene rings is 1. The summed E-state index contributed by atoms with van der Waals surface area (Å²) in [6, 6.07) is 8.42. The van der Waals surface area contributed by atoms with E-state index in [9.17, 15) is 4.79 Å². The first kappa shape index (κ1) is 13.7. The Balaban J connectivity index is 1.94. The predicted molar refractivity (Wildman–Crippen MR) is 80.6 cm³/mol. The fourth-order valence-electron chi connectivity index (χ4n) is 2.86. The summed E-state index contributed by atoms with van der Waals surface area (Å²) in [5, 5.41) is 0.0650. The average Bonchev–Trinajstić information content (AvgIpc) is 2.48. The molecule has 1 aromatic carbocycles. The van der Waals surface area contributed by atoms with Gasteiger partial charge >= 0.3 is 0 Å². The van der Waals surface area contributed by atoms with E-state index in [1.54, 1.807) is 4.57 Å². The molecule has 1 aliphatic carbocycles. The quantitative estimate of drug-likeness (QED) is 0.793. The molecule has 1 unspecified atom stereocenters. The third kappa shape index (κ3) is 2.48. The van der Waals surface area contributed by atoms with Gasteiger partial charge in [0.25, 0.3) is 5.56 Å². The number of hydrogen-bond acceptors (Lipinski definition) is 2. The maximum atomic E-state index is 12.1. The molecule has 5 heteroatoms. The molecule has 104 valence electrons. The van der Waals surface area contributed by atoms with Crippen molar-refractivity contribution in [3.05, 3.63) is 62.2 Å². The second-order valence-electron chi connectivity index (χ2n) is 5.09. The van der Waals surface area contributed by atoms with E-state index >= 15 is 0 Å². The zero-order chi connectivity index (χ0) is 14.1. The Hall–Kier alpha value is -1.32. The molecule has 0 radical (unpaired) electrons. The van der Waals surface area contributed by atoms with E-state index in [2.05, 4.69) is 23.2 Å². The Morgan fingerprint density at radius 1 is 1.30 bits per heavy atom. The molecular formula is C15H14Cl2N2O. The van der Waals surface area contributed by atoms with E-state index in [-0.39, 0.29) is 15.7 Å². The van der Waals surface area contributed by atoms with Gasteiger partial charge < -0.3 is 0 Å². The third-order valence-electron chi connectivity index (χ3n) is 3.85. The molecule has 1 aromatic heterocycles. The Morgan fingerprint density at radius 2 is 2.10 bits per heavy atom. The van der Waals surface area contributed by atoms with Gasteiger partial charge in [-0.15, -0.1) is 0 Å². The number of rotatable bonds is 2. The first-order chi connectivity index (χ1) is 9.66. The minimum absolute atomic E-state index is 0.00161. The highest BCUT2D eigenvalue weighted by molar-refractivity contribution is 6.40. The van der Waals surface area contributed by atoms with Crippen LogP contribution in [0, 0.1) is 0 Å². The molecule has 0 aliphatic heterocycles. The average molecular weight is 309 g/mol. The van der Waals surface area contributed by atoms with Crippen molar-refractivity contribution in [3.8, 4) is 0 Å². The molecule has 0 fully saturated rings. The van der Waals surface area contributed by atoms with Crippen molar-refractivity contribution in [3.63, 3.8) is 0 Å². The summed E-state index contributed by atoms with van der Waals surface area (Å²) in [6.07, 6.45) is 4.81. The van der Waals surface area contributed by atoms with Crippen LogP contribution in [0.2, 0.25) is 10.2 Å². The number of aryl methyl sites for hydroxylation is 1. The summed E-state index contributed by atoms with van der Waals surface area (Å²) in [5.41, 5.74) is 2.44. The van der Waals surface area contributed by atoms with Crippen molar-refractivity contribution in [2.24, 2.45) is 0 Å². The van der Waals surface area contributed by atoms with Gasteiger partial charge in [-0.1, -0.05) is 47.5 Å². The highest BCUT2D eigenvalue weighted by atomic mass is 35.5. The Bertz CT molecular complexity index is 697. The third-order valence-corrected chi connectivity index (χ3v) is 4.57. The first-order valence-corrected chi connectivity index (χ1v) is 7.40. The topological polar surface area (TPSA) is 34.9 Å². The molecule has 0 saturated carbocycles. The number of hydrogen-bond donors (Lipinski definition) is 0. The Kier molecular flexibility index (Phi) is 3.81. The molecule has 0 amide bonds. The SMILES string of the molecule is O=c1c(Cl)c(Cl)ncn1CC1CCCc2ccccc21. The lowest BCUT2D eigenvalue weighted by molar-refractivity contribution is 0.472. The Labute approximate surface area is 127 Å². The summed E-state index contributed by atoms with van der Waals surface area (Å²) in [4.78, 5) is 16.0. The van der Waals surface area contributed by atoms with Crippen molar-refractivity contribution in [2.45, 2.75) is 31.7 Å². The number of fused-ring (bicyclic) bond motifs is 1. The molecule has 20 heavy (non-hydrogen) atoms. The van der Waals surface area contributed by atoms with E-state index in [1.165, 1.54) is 17.5 Å². The molecule has 3 nitrogen and oxygen atoms in total. The minimum atomic E-state index is -0.269. The molecular weight excluding hydrogens is 295 g/mol. The molecule has 1 heterocycles. The van der Waals surface area contributed by atoms with Gasteiger partial charge in [0, 0.05) is 12.5 Å². The standard InChI is InChI=1S/C15H14Cl2N2O/c16-13-14(17)18-9-19(15(13)20)8-11-6-3-5-10-4-1-2-7-12(10)11/h1-2,4,7,9,11H,3,5-6,8H2. The molecule has 0 spiro atoms. The van der Waals surface area contributed by atoms with Crippen LogP contribution in [0.1, 0.15) is 29.9 Å². The number of halogens is 2. The van der Waals surface area contributed by atoms with E-state index in [1.807, 2.05) is 6.07 Å². The summed E-state index contributed by atoms with van der Waals surface area (Å²) >= 11 is 11.6. The van der Waals surface area contributed by atoms with Crippen molar-refractivity contribution < 1.29 is 0 Å². The van der Waals surface area contributed by atoms with Crippen LogP contribution in [-0.4, -0.2) is 9.55 Å². The molecule has 0 N–H and O–H groups in total. The molecule has 2 aromatic rings. The summed E-state index contributed by atoms with van der Waals surface area (Å²) in [7, 11) is 0. The summed E-state index contributed by atoms with van der Waals surface area (Å²) < 4.78 is 1.56. The zero-order valence-corrected chi connectivity index (χ0v) is 12.4. The van der Waals surface area contributed by atoms with Crippen LogP contribution in [0.15, 0.2) is 35.4 Å². The smallest absolute Gasteiger partial charge is 0.273 e. The highest BCUT2D eigenvalue weighted by Crippen LogP contribution is 2.32. The fourth-order valence-corrected chi connectivity index (χ4v) is 3.14. The van der Waals surface area contributed by atoms with Gasteiger partial charge in [-0.05, 0) is 30.4 Å². The lowest BCUT2D eigenvalue weighted by Crippen LogP contribution is -2.25. The van der Waals surface area contributed by atoms with Gasteiger partial charge in [0.15, 0.2) is 5.15 Å². The maximum Gasteiger partial charge on any atom is 0.273 e. The van der Waals surface area contributed by atoms with Gasteiger partial charge in [0.1, 0.15) is 5.02 Å². The second kappa shape index (κ2) is 5.58.